The molecule has 1 aromatic heterocycles. The second-order valence-corrected chi connectivity index (χ2v) is 5.57. The molecular weight excluding hydrogens is 334 g/mol. The van der Waals surface area contributed by atoms with Crippen molar-refractivity contribution in [1.82, 2.24) is 15.2 Å². The molecule has 1 heterocycles. The summed E-state index contributed by atoms with van der Waals surface area (Å²) >= 11 is 5.73. The smallest absolute Gasteiger partial charge is 0.273 e. The average molecular weight is 350 g/mol. The summed E-state index contributed by atoms with van der Waals surface area (Å²) in [5, 5.41) is 18.9. The Balaban J connectivity index is 1.89. The number of hydrogen-bond acceptors (Lipinski definition) is 5. The summed E-state index contributed by atoms with van der Waals surface area (Å²) in [6, 6.07) is 6.20. The molecule has 0 saturated heterocycles. The van der Waals surface area contributed by atoms with Crippen LogP contribution in [0.2, 0.25) is 5.02 Å². The first-order chi connectivity index (χ1) is 11.4. The lowest BCUT2D eigenvalue weighted by molar-refractivity contribution is -0.384. The van der Waals surface area contributed by atoms with E-state index in [0.717, 1.165) is 11.4 Å². The van der Waals surface area contributed by atoms with Gasteiger partial charge in [-0.05, 0) is 26.0 Å². The number of carbonyl (C=O) groups excluding carboxylic acids is 1. The van der Waals surface area contributed by atoms with Crippen LogP contribution >= 0.6 is 11.6 Å². The van der Waals surface area contributed by atoms with E-state index < -0.39 is 4.92 Å². The lowest BCUT2D eigenvalue weighted by Gasteiger charge is -2.03. The van der Waals surface area contributed by atoms with Gasteiger partial charge in [-0.1, -0.05) is 17.7 Å². The van der Waals surface area contributed by atoms with Gasteiger partial charge in [0.05, 0.1) is 23.4 Å². The van der Waals surface area contributed by atoms with Crippen LogP contribution in [0.25, 0.3) is 0 Å². The zero-order valence-electron chi connectivity index (χ0n) is 13.2. The Labute approximate surface area is 143 Å². The summed E-state index contributed by atoms with van der Waals surface area (Å²) in [6.45, 7) is 4.26. The summed E-state index contributed by atoms with van der Waals surface area (Å²) in [7, 11) is 0. The molecule has 0 atom stereocenters. The minimum absolute atomic E-state index is 0.0473. The normalized spacial score (nSPS) is 11.0. The van der Waals surface area contributed by atoms with E-state index >= 15 is 0 Å². The van der Waals surface area contributed by atoms with Crippen molar-refractivity contribution in [3.63, 3.8) is 0 Å². The van der Waals surface area contributed by atoms with Crippen molar-refractivity contribution < 1.29 is 9.72 Å². The van der Waals surface area contributed by atoms with E-state index in [-0.39, 0.29) is 23.0 Å². The third kappa shape index (κ3) is 4.63. The lowest BCUT2D eigenvalue weighted by Crippen LogP contribution is -2.20. The maximum Gasteiger partial charge on any atom is 0.288 e. The molecule has 0 aliphatic carbocycles. The molecule has 1 amide bonds. The number of nitrogens with one attached hydrogen (secondary N) is 1. The van der Waals surface area contributed by atoms with Crippen molar-refractivity contribution in [2.75, 3.05) is 0 Å². The van der Waals surface area contributed by atoms with E-state index in [4.69, 9.17) is 11.6 Å². The largest absolute Gasteiger partial charge is 0.288 e. The molecule has 1 N–H and O–H groups in total. The number of hydrazone groups is 1. The predicted octanol–water partition coefficient (Wildman–Crippen LogP) is 2.60. The van der Waals surface area contributed by atoms with Crippen molar-refractivity contribution >= 4 is 29.4 Å². The Morgan fingerprint density at radius 1 is 1.46 bits per heavy atom. The van der Waals surface area contributed by atoms with Gasteiger partial charge in [-0.3, -0.25) is 19.6 Å². The third-order valence-electron chi connectivity index (χ3n) is 3.22. The molecule has 9 heteroatoms. The molecule has 0 radical (unpaired) electrons. The highest BCUT2D eigenvalue weighted by Gasteiger charge is 2.11. The minimum atomic E-state index is -0.577. The molecule has 24 heavy (non-hydrogen) atoms. The van der Waals surface area contributed by atoms with Crippen LogP contribution in [0, 0.1) is 24.0 Å². The molecule has 0 spiro atoms. The maximum atomic E-state index is 11.8. The van der Waals surface area contributed by atoms with Gasteiger partial charge in [-0.2, -0.15) is 10.2 Å². The fourth-order valence-electron chi connectivity index (χ4n) is 2.09. The third-order valence-corrected chi connectivity index (χ3v) is 3.54. The number of benzene rings is 1. The van der Waals surface area contributed by atoms with Gasteiger partial charge in [0.2, 0.25) is 5.91 Å². The quantitative estimate of drug-likeness (QED) is 0.492. The van der Waals surface area contributed by atoms with Gasteiger partial charge >= 0.3 is 0 Å². The van der Waals surface area contributed by atoms with Crippen molar-refractivity contribution in [2.45, 2.75) is 26.8 Å². The number of nitrogens with zero attached hydrogens (tertiary/aromatic N) is 4. The predicted molar refractivity (Wildman–Crippen MR) is 90.2 cm³/mol. The number of nitro groups is 1. The number of aromatic nitrogens is 2. The molecule has 2 rings (SSSR count). The van der Waals surface area contributed by atoms with E-state index in [1.165, 1.54) is 18.3 Å². The molecule has 0 aliphatic rings. The summed E-state index contributed by atoms with van der Waals surface area (Å²) in [6.07, 6.45) is 1.55. The van der Waals surface area contributed by atoms with E-state index in [9.17, 15) is 14.9 Å². The van der Waals surface area contributed by atoms with Crippen LogP contribution in [0.5, 0.6) is 0 Å². The monoisotopic (exact) mass is 349 g/mol. The number of carbonyl (C=O) groups is 1. The van der Waals surface area contributed by atoms with Gasteiger partial charge in [-0.15, -0.1) is 0 Å². The van der Waals surface area contributed by atoms with Gasteiger partial charge in [0.25, 0.3) is 5.69 Å². The van der Waals surface area contributed by atoms with Crippen LogP contribution in [0.4, 0.5) is 5.69 Å². The number of nitro benzene ring substituents is 1. The molecule has 0 unspecified atom stereocenters. The van der Waals surface area contributed by atoms with Crippen molar-refractivity contribution in [3.8, 4) is 0 Å². The van der Waals surface area contributed by atoms with Crippen LogP contribution in [0.1, 0.15) is 23.4 Å². The summed E-state index contributed by atoms with van der Waals surface area (Å²) < 4.78 is 1.75. The highest BCUT2D eigenvalue weighted by molar-refractivity contribution is 6.32. The molecule has 0 aliphatic heterocycles. The average Bonchev–Trinajstić information content (AvgIpc) is 2.84. The first kappa shape index (κ1) is 17.6. The topological polar surface area (TPSA) is 102 Å². The fraction of sp³-hybridized carbons (Fsp3) is 0.267. The fourth-order valence-corrected chi connectivity index (χ4v) is 2.28. The van der Waals surface area contributed by atoms with E-state index in [0.29, 0.717) is 12.1 Å². The van der Waals surface area contributed by atoms with Crippen LogP contribution < -0.4 is 5.43 Å². The Bertz CT molecular complexity index is 800. The maximum absolute atomic E-state index is 11.8. The van der Waals surface area contributed by atoms with Crippen LogP contribution in [0.3, 0.4) is 0 Å². The lowest BCUT2D eigenvalue weighted by atomic mass is 10.2. The molecule has 0 fully saturated rings. The van der Waals surface area contributed by atoms with Crippen molar-refractivity contribution in [3.05, 3.63) is 56.4 Å². The zero-order chi connectivity index (χ0) is 17.7. The van der Waals surface area contributed by atoms with Gasteiger partial charge < -0.3 is 0 Å². The molecule has 0 saturated carbocycles. The zero-order valence-corrected chi connectivity index (χ0v) is 13.9. The highest BCUT2D eigenvalue weighted by Crippen LogP contribution is 2.24. The second kappa shape index (κ2) is 7.69. The van der Waals surface area contributed by atoms with Gasteiger partial charge in [0.1, 0.15) is 5.02 Å². The van der Waals surface area contributed by atoms with E-state index in [1.54, 1.807) is 10.7 Å². The first-order valence-electron chi connectivity index (χ1n) is 7.13. The highest BCUT2D eigenvalue weighted by atomic mass is 35.5. The van der Waals surface area contributed by atoms with Crippen LogP contribution in [-0.4, -0.2) is 26.8 Å². The van der Waals surface area contributed by atoms with E-state index in [2.05, 4.69) is 15.6 Å². The van der Waals surface area contributed by atoms with Gasteiger partial charge in [0, 0.05) is 23.7 Å². The van der Waals surface area contributed by atoms with Crippen LogP contribution in [-0.2, 0) is 11.3 Å². The van der Waals surface area contributed by atoms with E-state index in [1.807, 2.05) is 19.9 Å². The standard InChI is InChI=1S/C15H16ClN5O3/c1-10-7-11(2)20(19-10)6-5-15(22)18-17-9-12-3-4-13(16)14(8-12)21(23)24/h3-4,7-9H,5-6H2,1-2H3,(H,18,22)/b17-9+. The molecule has 8 nitrogen and oxygen atoms in total. The van der Waals surface area contributed by atoms with Crippen molar-refractivity contribution in [2.24, 2.45) is 5.10 Å². The molecular formula is C15H16ClN5O3. The molecule has 126 valence electrons. The number of halogens is 1. The summed E-state index contributed by atoms with van der Waals surface area (Å²) in [5.74, 6) is -0.276. The van der Waals surface area contributed by atoms with Gasteiger partial charge in [-0.25, -0.2) is 5.43 Å². The molecule has 0 bridgehead atoms. The summed E-state index contributed by atoms with van der Waals surface area (Å²) in [5.41, 5.74) is 4.51. The molecule has 1 aromatic carbocycles. The number of aryl methyl sites for hydroxylation is 3. The minimum Gasteiger partial charge on any atom is -0.273 e. The number of hydrogen-bond donors (Lipinski definition) is 1. The Hall–Kier alpha value is -2.74. The first-order valence-corrected chi connectivity index (χ1v) is 7.51. The van der Waals surface area contributed by atoms with Gasteiger partial charge in [0.15, 0.2) is 0 Å². The Kier molecular flexibility index (Phi) is 5.64. The Morgan fingerprint density at radius 3 is 2.83 bits per heavy atom. The second-order valence-electron chi connectivity index (χ2n) is 5.16. The molecule has 2 aromatic rings. The van der Waals surface area contributed by atoms with Crippen LogP contribution in [0.15, 0.2) is 29.4 Å². The SMILES string of the molecule is Cc1cc(C)n(CCC(=O)N/N=C/c2ccc(Cl)c([N+](=O)[O-])c2)n1. The summed E-state index contributed by atoms with van der Waals surface area (Å²) in [4.78, 5) is 22.0. The Morgan fingerprint density at radius 2 is 2.21 bits per heavy atom. The number of rotatable bonds is 6. The van der Waals surface area contributed by atoms with Crippen molar-refractivity contribution in [1.29, 1.82) is 0 Å². The number of amides is 1.